The van der Waals surface area contributed by atoms with Crippen molar-refractivity contribution in [2.45, 2.75) is 6.92 Å². The summed E-state index contributed by atoms with van der Waals surface area (Å²) in [7, 11) is 0. The monoisotopic (exact) mass is 295 g/mol. The fourth-order valence-electron chi connectivity index (χ4n) is 1.72. The molecule has 6 heteroatoms. The van der Waals surface area contributed by atoms with Gasteiger partial charge < -0.3 is 15.4 Å². The molecule has 0 radical (unpaired) electrons. The Bertz CT molecular complexity index is 733. The molecule has 0 fully saturated rings. The highest BCUT2D eigenvalue weighted by Crippen LogP contribution is 2.18. The van der Waals surface area contributed by atoms with Crippen molar-refractivity contribution < 1.29 is 14.3 Å². The Morgan fingerprint density at radius 2 is 1.73 bits per heavy atom. The maximum atomic E-state index is 11.9. The molecule has 0 aromatic heterocycles. The standard InChI is InChI=1S/C16H13N3O3/c1-11(20)22-15-4-2-3-14(9-15)19-16(21)18-13-7-5-12(10-17)6-8-13/h2-9H,1H3,(H2,18,19,21). The van der Waals surface area contributed by atoms with Crippen LogP contribution in [0.25, 0.3) is 0 Å². The number of amides is 2. The Balaban J connectivity index is 1.99. The summed E-state index contributed by atoms with van der Waals surface area (Å²) in [5.74, 6) is -0.0807. The SMILES string of the molecule is CC(=O)Oc1cccc(NC(=O)Nc2ccc(C#N)cc2)c1. The van der Waals surface area contributed by atoms with Gasteiger partial charge in [0, 0.05) is 24.4 Å². The van der Waals surface area contributed by atoms with E-state index in [-0.39, 0.29) is 0 Å². The van der Waals surface area contributed by atoms with Crippen LogP contribution >= 0.6 is 0 Å². The van der Waals surface area contributed by atoms with Gasteiger partial charge in [0.2, 0.25) is 0 Å². The highest BCUT2D eigenvalue weighted by atomic mass is 16.5. The minimum absolute atomic E-state index is 0.351. The Labute approximate surface area is 127 Å². The molecule has 2 aromatic rings. The molecule has 0 aliphatic heterocycles. The fourth-order valence-corrected chi connectivity index (χ4v) is 1.72. The highest BCUT2D eigenvalue weighted by molar-refractivity contribution is 5.99. The summed E-state index contributed by atoms with van der Waals surface area (Å²) in [6.07, 6.45) is 0. The zero-order chi connectivity index (χ0) is 15.9. The first-order valence-corrected chi connectivity index (χ1v) is 6.43. The van der Waals surface area contributed by atoms with E-state index in [4.69, 9.17) is 10.00 Å². The first kappa shape index (κ1) is 15.1. The molecule has 2 aromatic carbocycles. The Kier molecular flexibility index (Phi) is 4.73. The van der Waals surface area contributed by atoms with Gasteiger partial charge in [-0.1, -0.05) is 6.07 Å². The molecule has 2 N–H and O–H groups in total. The number of nitrogens with zero attached hydrogens (tertiary/aromatic N) is 1. The normalized spacial score (nSPS) is 9.45. The fraction of sp³-hybridized carbons (Fsp3) is 0.0625. The van der Waals surface area contributed by atoms with Crippen LogP contribution in [0.3, 0.4) is 0 Å². The number of ether oxygens (including phenoxy) is 1. The smallest absolute Gasteiger partial charge is 0.323 e. The molecular formula is C16H13N3O3. The van der Waals surface area contributed by atoms with Crippen molar-refractivity contribution in [3.8, 4) is 11.8 Å². The number of hydrogen-bond donors (Lipinski definition) is 2. The van der Waals surface area contributed by atoms with E-state index in [1.165, 1.54) is 6.92 Å². The Hall–Kier alpha value is -3.33. The van der Waals surface area contributed by atoms with E-state index in [2.05, 4.69) is 10.6 Å². The van der Waals surface area contributed by atoms with Crippen LogP contribution in [-0.4, -0.2) is 12.0 Å². The van der Waals surface area contributed by atoms with E-state index in [0.29, 0.717) is 22.7 Å². The van der Waals surface area contributed by atoms with E-state index in [0.717, 1.165) is 0 Å². The molecule has 0 spiro atoms. The maximum Gasteiger partial charge on any atom is 0.323 e. The van der Waals surface area contributed by atoms with Crippen molar-refractivity contribution in [3.05, 3.63) is 54.1 Å². The van der Waals surface area contributed by atoms with Crippen molar-refractivity contribution in [3.63, 3.8) is 0 Å². The van der Waals surface area contributed by atoms with Crippen molar-refractivity contribution in [2.24, 2.45) is 0 Å². The number of urea groups is 1. The molecule has 2 amide bonds. The van der Waals surface area contributed by atoms with Gasteiger partial charge in [0.05, 0.1) is 11.6 Å². The number of anilines is 2. The van der Waals surface area contributed by atoms with Gasteiger partial charge in [-0.15, -0.1) is 0 Å². The van der Waals surface area contributed by atoms with E-state index < -0.39 is 12.0 Å². The molecule has 6 nitrogen and oxygen atoms in total. The van der Waals surface area contributed by atoms with E-state index >= 15 is 0 Å². The third-order valence-electron chi connectivity index (χ3n) is 2.63. The summed E-state index contributed by atoms with van der Waals surface area (Å²) in [6.45, 7) is 1.30. The summed E-state index contributed by atoms with van der Waals surface area (Å²) in [4.78, 5) is 22.8. The number of carbonyl (C=O) groups is 2. The first-order valence-electron chi connectivity index (χ1n) is 6.43. The lowest BCUT2D eigenvalue weighted by molar-refractivity contribution is -0.131. The summed E-state index contributed by atoms with van der Waals surface area (Å²) >= 11 is 0. The van der Waals surface area contributed by atoms with Gasteiger partial charge >= 0.3 is 12.0 Å². The molecule has 0 bridgehead atoms. The van der Waals surface area contributed by atoms with Crippen molar-refractivity contribution in [2.75, 3.05) is 10.6 Å². The molecule has 22 heavy (non-hydrogen) atoms. The lowest BCUT2D eigenvalue weighted by Gasteiger charge is -2.09. The van der Waals surface area contributed by atoms with Crippen molar-refractivity contribution >= 4 is 23.4 Å². The third kappa shape index (κ3) is 4.35. The Morgan fingerprint density at radius 3 is 2.36 bits per heavy atom. The predicted octanol–water partition coefficient (Wildman–Crippen LogP) is 3.13. The second kappa shape index (κ2) is 6.90. The van der Waals surface area contributed by atoms with Crippen LogP contribution in [0.5, 0.6) is 5.75 Å². The minimum Gasteiger partial charge on any atom is -0.427 e. The summed E-state index contributed by atoms with van der Waals surface area (Å²) in [6, 6.07) is 14.5. The molecule has 0 unspecified atom stereocenters. The number of carbonyl (C=O) groups excluding carboxylic acids is 2. The second-order valence-electron chi connectivity index (χ2n) is 4.39. The van der Waals surface area contributed by atoms with Crippen molar-refractivity contribution in [1.29, 1.82) is 5.26 Å². The molecular weight excluding hydrogens is 282 g/mol. The van der Waals surface area contributed by atoms with Gasteiger partial charge in [-0.25, -0.2) is 4.79 Å². The van der Waals surface area contributed by atoms with E-state index in [1.54, 1.807) is 48.5 Å². The number of benzene rings is 2. The van der Waals surface area contributed by atoms with E-state index in [1.807, 2.05) is 6.07 Å². The minimum atomic E-state index is -0.440. The molecule has 0 saturated carbocycles. The van der Waals surface area contributed by atoms with Crippen LogP contribution in [0.4, 0.5) is 16.2 Å². The number of esters is 1. The number of nitrogens with one attached hydrogen (secondary N) is 2. The van der Waals surface area contributed by atoms with Gasteiger partial charge in [-0.05, 0) is 36.4 Å². The van der Waals surface area contributed by atoms with Crippen LogP contribution < -0.4 is 15.4 Å². The first-order chi connectivity index (χ1) is 10.6. The zero-order valence-corrected chi connectivity index (χ0v) is 11.8. The van der Waals surface area contributed by atoms with Crippen molar-refractivity contribution in [1.82, 2.24) is 0 Å². The molecule has 0 saturated heterocycles. The molecule has 0 aliphatic carbocycles. The molecule has 0 atom stereocenters. The molecule has 0 aliphatic rings. The molecule has 0 heterocycles. The Morgan fingerprint density at radius 1 is 1.05 bits per heavy atom. The summed E-state index contributed by atoms with van der Waals surface area (Å²) in [5, 5.41) is 14.0. The quantitative estimate of drug-likeness (QED) is 0.672. The zero-order valence-electron chi connectivity index (χ0n) is 11.8. The number of rotatable bonds is 3. The van der Waals surface area contributed by atoms with Crippen LogP contribution in [0, 0.1) is 11.3 Å². The van der Waals surface area contributed by atoms with Gasteiger partial charge in [-0.3, -0.25) is 4.79 Å². The van der Waals surface area contributed by atoms with Crippen LogP contribution in [0.1, 0.15) is 12.5 Å². The van der Waals surface area contributed by atoms with E-state index in [9.17, 15) is 9.59 Å². The lowest BCUT2D eigenvalue weighted by Crippen LogP contribution is -2.19. The van der Waals surface area contributed by atoms with Gasteiger partial charge in [-0.2, -0.15) is 5.26 Å². The molecule has 2 rings (SSSR count). The maximum absolute atomic E-state index is 11.9. The number of nitriles is 1. The largest absolute Gasteiger partial charge is 0.427 e. The highest BCUT2D eigenvalue weighted by Gasteiger charge is 2.05. The van der Waals surface area contributed by atoms with Gasteiger partial charge in [0.25, 0.3) is 0 Å². The lowest BCUT2D eigenvalue weighted by atomic mass is 10.2. The van der Waals surface area contributed by atoms with Gasteiger partial charge in [0.15, 0.2) is 0 Å². The average molecular weight is 295 g/mol. The predicted molar refractivity (Wildman–Crippen MR) is 81.5 cm³/mol. The summed E-state index contributed by atoms with van der Waals surface area (Å²) < 4.78 is 4.94. The van der Waals surface area contributed by atoms with Crippen LogP contribution in [0.2, 0.25) is 0 Å². The molecule has 110 valence electrons. The average Bonchev–Trinajstić information content (AvgIpc) is 2.47. The second-order valence-corrected chi connectivity index (χ2v) is 4.39. The topological polar surface area (TPSA) is 91.2 Å². The van der Waals surface area contributed by atoms with Crippen LogP contribution in [-0.2, 0) is 4.79 Å². The van der Waals surface area contributed by atoms with Gasteiger partial charge in [0.1, 0.15) is 5.75 Å². The number of hydrogen-bond acceptors (Lipinski definition) is 4. The third-order valence-corrected chi connectivity index (χ3v) is 2.63. The summed E-state index contributed by atoms with van der Waals surface area (Å²) in [5.41, 5.74) is 1.57. The van der Waals surface area contributed by atoms with Crippen LogP contribution in [0.15, 0.2) is 48.5 Å².